The smallest absolute Gasteiger partial charge is 0.149 e. The molecule has 3 N–H and O–H groups in total. The van der Waals surface area contributed by atoms with Crippen molar-refractivity contribution in [2.45, 2.75) is 18.9 Å². The van der Waals surface area contributed by atoms with Crippen LogP contribution in [0.3, 0.4) is 0 Å². The maximum atomic E-state index is 5.95. The highest BCUT2D eigenvalue weighted by Crippen LogP contribution is 2.19. The number of nitrogens with zero attached hydrogens (tertiary/aromatic N) is 2. The number of piperidine rings is 1. The summed E-state index contributed by atoms with van der Waals surface area (Å²) in [5.41, 5.74) is 9.76. The second-order valence-corrected chi connectivity index (χ2v) is 4.06. The Labute approximate surface area is 95.6 Å². The number of aromatic nitrogens is 1. The number of hydrogen-bond acceptors (Lipinski definition) is 5. The van der Waals surface area contributed by atoms with E-state index in [4.69, 9.17) is 10.6 Å². The summed E-state index contributed by atoms with van der Waals surface area (Å²) in [5.74, 6) is 0.715. The first-order valence-corrected chi connectivity index (χ1v) is 5.55. The molecular weight excluding hydrogens is 204 g/mol. The van der Waals surface area contributed by atoms with Gasteiger partial charge in [0.05, 0.1) is 19.0 Å². The van der Waals surface area contributed by atoms with E-state index in [1.807, 2.05) is 18.3 Å². The molecule has 0 aliphatic carbocycles. The van der Waals surface area contributed by atoms with Gasteiger partial charge in [0.15, 0.2) is 0 Å². The molecule has 16 heavy (non-hydrogen) atoms. The van der Waals surface area contributed by atoms with Gasteiger partial charge in [-0.05, 0) is 25.0 Å². The predicted octanol–water partition coefficient (Wildman–Crippen LogP) is 0.982. The zero-order valence-electron chi connectivity index (χ0n) is 9.52. The first-order valence-electron chi connectivity index (χ1n) is 5.55. The second-order valence-electron chi connectivity index (χ2n) is 4.06. The molecule has 1 unspecified atom stereocenters. The quantitative estimate of drug-likeness (QED) is 0.746. The summed E-state index contributed by atoms with van der Waals surface area (Å²) >= 11 is 0. The summed E-state index contributed by atoms with van der Waals surface area (Å²) in [6.45, 7) is 1.98. The number of nitrogens with two attached hydrogens (primary N) is 1. The Balaban J connectivity index is 2.03. The molecule has 0 saturated carbocycles. The van der Waals surface area contributed by atoms with Gasteiger partial charge in [0.1, 0.15) is 5.82 Å². The minimum Gasteiger partial charge on any atom is -0.369 e. The van der Waals surface area contributed by atoms with Gasteiger partial charge in [-0.25, -0.2) is 10.5 Å². The molecule has 5 heteroatoms. The largest absolute Gasteiger partial charge is 0.369 e. The Morgan fingerprint density at radius 3 is 3.06 bits per heavy atom. The molecule has 0 radical (unpaired) electrons. The summed E-state index contributed by atoms with van der Waals surface area (Å²) in [4.78, 5) is 11.3. The van der Waals surface area contributed by atoms with Crippen molar-refractivity contribution in [2.75, 3.05) is 30.6 Å². The molecule has 1 aromatic heterocycles. The fourth-order valence-electron chi connectivity index (χ4n) is 1.98. The van der Waals surface area contributed by atoms with Gasteiger partial charge in [0.2, 0.25) is 0 Å². The standard InChI is InChI=1S/C11H18N4O/c1-16-14-11-5-4-10(7-13-11)15-6-2-3-9(12)8-15/h4-5,7,9H,2-3,6,8,12H2,1H3,(H,13,14). The summed E-state index contributed by atoms with van der Waals surface area (Å²) in [5, 5.41) is 0. The van der Waals surface area contributed by atoms with Gasteiger partial charge in [0, 0.05) is 19.1 Å². The highest BCUT2D eigenvalue weighted by Gasteiger charge is 2.16. The van der Waals surface area contributed by atoms with E-state index in [-0.39, 0.29) is 6.04 Å². The predicted molar refractivity (Wildman–Crippen MR) is 64.3 cm³/mol. The van der Waals surface area contributed by atoms with Crippen LogP contribution in [0.25, 0.3) is 0 Å². The molecule has 2 rings (SSSR count). The van der Waals surface area contributed by atoms with Crippen LogP contribution in [0.4, 0.5) is 11.5 Å². The zero-order valence-corrected chi connectivity index (χ0v) is 9.52. The molecule has 88 valence electrons. The molecule has 2 heterocycles. The Morgan fingerprint density at radius 2 is 2.44 bits per heavy atom. The average molecular weight is 222 g/mol. The van der Waals surface area contributed by atoms with Gasteiger partial charge in [-0.3, -0.25) is 4.84 Å². The number of nitrogens with one attached hydrogen (secondary N) is 1. The van der Waals surface area contributed by atoms with Crippen LogP contribution in [0.1, 0.15) is 12.8 Å². The highest BCUT2D eigenvalue weighted by atomic mass is 16.6. The lowest BCUT2D eigenvalue weighted by atomic mass is 10.1. The Kier molecular flexibility index (Phi) is 3.58. The summed E-state index contributed by atoms with van der Waals surface area (Å²) in [6, 6.07) is 4.22. The fraction of sp³-hybridized carbons (Fsp3) is 0.545. The summed E-state index contributed by atoms with van der Waals surface area (Å²) < 4.78 is 0. The normalized spacial score (nSPS) is 20.9. The van der Waals surface area contributed by atoms with Crippen molar-refractivity contribution in [3.05, 3.63) is 18.3 Å². The van der Waals surface area contributed by atoms with E-state index in [0.717, 1.165) is 31.6 Å². The third-order valence-corrected chi connectivity index (χ3v) is 2.78. The molecule has 1 aliphatic heterocycles. The first-order chi connectivity index (χ1) is 7.79. The molecule has 0 aromatic carbocycles. The Hall–Kier alpha value is -1.33. The molecule has 5 nitrogen and oxygen atoms in total. The molecule has 1 fully saturated rings. The van der Waals surface area contributed by atoms with Crippen molar-refractivity contribution in [1.82, 2.24) is 4.98 Å². The lowest BCUT2D eigenvalue weighted by Crippen LogP contribution is -2.42. The van der Waals surface area contributed by atoms with Crippen molar-refractivity contribution in [3.63, 3.8) is 0 Å². The van der Waals surface area contributed by atoms with Crippen LogP contribution in [-0.4, -0.2) is 31.2 Å². The van der Waals surface area contributed by atoms with Crippen molar-refractivity contribution in [3.8, 4) is 0 Å². The molecule has 1 atom stereocenters. The topological polar surface area (TPSA) is 63.4 Å². The highest BCUT2D eigenvalue weighted by molar-refractivity contribution is 5.49. The van der Waals surface area contributed by atoms with Gasteiger partial charge >= 0.3 is 0 Å². The van der Waals surface area contributed by atoms with Crippen LogP contribution >= 0.6 is 0 Å². The van der Waals surface area contributed by atoms with E-state index in [0.29, 0.717) is 5.82 Å². The van der Waals surface area contributed by atoms with E-state index in [9.17, 15) is 0 Å². The maximum Gasteiger partial charge on any atom is 0.149 e. The molecule has 0 bridgehead atoms. The van der Waals surface area contributed by atoms with Crippen molar-refractivity contribution >= 4 is 11.5 Å². The third kappa shape index (κ3) is 2.62. The molecular formula is C11H18N4O. The molecule has 1 aromatic rings. The lowest BCUT2D eigenvalue weighted by molar-refractivity contribution is 0.269. The number of pyridine rings is 1. The van der Waals surface area contributed by atoms with Gasteiger partial charge < -0.3 is 10.6 Å². The van der Waals surface area contributed by atoms with Crippen LogP contribution in [-0.2, 0) is 4.84 Å². The monoisotopic (exact) mass is 222 g/mol. The van der Waals surface area contributed by atoms with Gasteiger partial charge in [-0.1, -0.05) is 0 Å². The maximum absolute atomic E-state index is 5.95. The summed E-state index contributed by atoms with van der Waals surface area (Å²) in [7, 11) is 1.57. The SMILES string of the molecule is CONc1ccc(N2CCCC(N)C2)cn1. The van der Waals surface area contributed by atoms with E-state index < -0.39 is 0 Å². The molecule has 1 saturated heterocycles. The van der Waals surface area contributed by atoms with E-state index in [1.54, 1.807) is 7.11 Å². The second kappa shape index (κ2) is 5.14. The fourth-order valence-corrected chi connectivity index (χ4v) is 1.98. The van der Waals surface area contributed by atoms with E-state index >= 15 is 0 Å². The molecule has 0 spiro atoms. The van der Waals surface area contributed by atoms with E-state index in [1.165, 1.54) is 0 Å². The van der Waals surface area contributed by atoms with Crippen molar-refractivity contribution < 1.29 is 4.84 Å². The Morgan fingerprint density at radius 1 is 1.56 bits per heavy atom. The zero-order chi connectivity index (χ0) is 11.4. The van der Waals surface area contributed by atoms with Gasteiger partial charge in [0.25, 0.3) is 0 Å². The van der Waals surface area contributed by atoms with Crippen molar-refractivity contribution in [1.29, 1.82) is 0 Å². The van der Waals surface area contributed by atoms with Crippen LogP contribution in [0.15, 0.2) is 18.3 Å². The van der Waals surface area contributed by atoms with Crippen LogP contribution in [0.2, 0.25) is 0 Å². The van der Waals surface area contributed by atoms with Crippen LogP contribution < -0.4 is 16.1 Å². The minimum atomic E-state index is 0.283. The van der Waals surface area contributed by atoms with Crippen molar-refractivity contribution in [2.24, 2.45) is 5.73 Å². The molecule has 1 aliphatic rings. The third-order valence-electron chi connectivity index (χ3n) is 2.78. The van der Waals surface area contributed by atoms with Gasteiger partial charge in [-0.2, -0.15) is 0 Å². The van der Waals surface area contributed by atoms with Crippen LogP contribution in [0.5, 0.6) is 0 Å². The Bertz CT molecular complexity index is 327. The number of anilines is 2. The van der Waals surface area contributed by atoms with E-state index in [2.05, 4.69) is 15.4 Å². The van der Waals surface area contributed by atoms with Gasteiger partial charge in [-0.15, -0.1) is 0 Å². The lowest BCUT2D eigenvalue weighted by Gasteiger charge is -2.32. The average Bonchev–Trinajstić information content (AvgIpc) is 2.30. The number of hydrogen-bond donors (Lipinski definition) is 2. The first kappa shape index (κ1) is 11.2. The summed E-state index contributed by atoms with van der Waals surface area (Å²) in [6.07, 6.45) is 4.12. The molecule has 0 amide bonds. The minimum absolute atomic E-state index is 0.283. The van der Waals surface area contributed by atoms with Crippen LogP contribution in [0, 0.1) is 0 Å². The number of rotatable bonds is 3.